The lowest BCUT2D eigenvalue weighted by atomic mass is 10.3. The lowest BCUT2D eigenvalue weighted by Crippen LogP contribution is -1.80. The molecule has 0 aromatic heterocycles. The van der Waals surface area contributed by atoms with Gasteiger partial charge in [0, 0.05) is 0 Å². The third kappa shape index (κ3) is 6.93. The summed E-state index contributed by atoms with van der Waals surface area (Å²) in [4.78, 5) is 9.18. The molecule has 0 N–H and O–H groups in total. The molecule has 0 spiro atoms. The van der Waals surface area contributed by atoms with Crippen LogP contribution >= 0.6 is 0 Å². The van der Waals surface area contributed by atoms with Crippen LogP contribution in [-0.2, 0) is 9.53 Å². The van der Waals surface area contributed by atoms with Crippen LogP contribution in [0.2, 0.25) is 0 Å². The second kappa shape index (κ2) is 7.21. The van der Waals surface area contributed by atoms with E-state index in [9.17, 15) is 13.6 Å². The van der Waals surface area contributed by atoms with Gasteiger partial charge in [-0.1, -0.05) is 0 Å². The molecule has 72 valence electrons. The molecule has 0 amide bonds. The quantitative estimate of drug-likeness (QED) is 0.664. The van der Waals surface area contributed by atoms with Gasteiger partial charge in [-0.3, -0.25) is 4.79 Å². The monoisotopic (exact) mass is 188 g/mol. The Kier molecular flexibility index (Phi) is 6.41. The van der Waals surface area contributed by atoms with Gasteiger partial charge in [-0.05, 0) is 31.2 Å². The van der Waals surface area contributed by atoms with Gasteiger partial charge in [0.2, 0.25) is 0 Å². The number of halogens is 2. The molecule has 2 nitrogen and oxygen atoms in total. The van der Waals surface area contributed by atoms with Gasteiger partial charge in [0.15, 0.2) is 0 Å². The molecule has 1 aromatic carbocycles. The molecular weight excluding hydrogens is 178 g/mol. The van der Waals surface area contributed by atoms with E-state index in [4.69, 9.17) is 0 Å². The van der Waals surface area contributed by atoms with Crippen molar-refractivity contribution in [3.8, 4) is 0 Å². The van der Waals surface area contributed by atoms with Crippen LogP contribution in [0.5, 0.6) is 0 Å². The van der Waals surface area contributed by atoms with Crippen molar-refractivity contribution in [3.63, 3.8) is 0 Å². The molecule has 0 saturated carbocycles. The van der Waals surface area contributed by atoms with E-state index in [2.05, 4.69) is 4.74 Å². The summed E-state index contributed by atoms with van der Waals surface area (Å²) < 4.78 is 28.0. The summed E-state index contributed by atoms with van der Waals surface area (Å²) in [6, 6.07) is 4.31. The SMILES string of the molecule is CCOC=O.Fc1ccc(F)cc1. The van der Waals surface area contributed by atoms with Crippen LogP contribution < -0.4 is 0 Å². The van der Waals surface area contributed by atoms with Crippen molar-refractivity contribution in [1.82, 2.24) is 0 Å². The Bertz CT molecular complexity index is 213. The van der Waals surface area contributed by atoms with E-state index in [-0.39, 0.29) is 0 Å². The molecule has 0 fully saturated rings. The van der Waals surface area contributed by atoms with Crippen molar-refractivity contribution >= 4 is 6.47 Å². The first-order valence-electron chi connectivity index (χ1n) is 3.67. The van der Waals surface area contributed by atoms with Gasteiger partial charge >= 0.3 is 0 Å². The molecule has 4 heteroatoms. The van der Waals surface area contributed by atoms with Crippen molar-refractivity contribution in [3.05, 3.63) is 35.9 Å². The molecule has 0 aliphatic heterocycles. The highest BCUT2D eigenvalue weighted by molar-refractivity contribution is 5.36. The highest BCUT2D eigenvalue weighted by Crippen LogP contribution is 1.98. The van der Waals surface area contributed by atoms with Crippen LogP contribution in [0.4, 0.5) is 8.78 Å². The molecule has 0 aliphatic carbocycles. The normalized spacial score (nSPS) is 8.23. The van der Waals surface area contributed by atoms with Crippen molar-refractivity contribution < 1.29 is 18.3 Å². The average molecular weight is 188 g/mol. The van der Waals surface area contributed by atoms with Crippen LogP contribution in [0.15, 0.2) is 24.3 Å². The van der Waals surface area contributed by atoms with E-state index < -0.39 is 11.6 Å². The van der Waals surface area contributed by atoms with Gasteiger partial charge in [0.25, 0.3) is 6.47 Å². The van der Waals surface area contributed by atoms with E-state index in [0.717, 1.165) is 24.3 Å². The van der Waals surface area contributed by atoms with Crippen LogP contribution in [0.3, 0.4) is 0 Å². The number of rotatable bonds is 2. The van der Waals surface area contributed by atoms with Crippen molar-refractivity contribution in [1.29, 1.82) is 0 Å². The molecular formula is C9H10F2O2. The molecule has 1 rings (SSSR count). The van der Waals surface area contributed by atoms with E-state index in [1.54, 1.807) is 6.92 Å². The summed E-state index contributed by atoms with van der Waals surface area (Å²) in [6.45, 7) is 2.66. The fraction of sp³-hybridized carbons (Fsp3) is 0.222. The van der Waals surface area contributed by atoms with Crippen LogP contribution in [0.1, 0.15) is 6.92 Å². The number of carbonyl (C=O) groups is 1. The minimum Gasteiger partial charge on any atom is -0.468 e. The minimum absolute atomic E-state index is 0.411. The van der Waals surface area contributed by atoms with Crippen molar-refractivity contribution in [2.45, 2.75) is 6.92 Å². The van der Waals surface area contributed by atoms with Gasteiger partial charge in [0.1, 0.15) is 11.6 Å². The van der Waals surface area contributed by atoms with Crippen LogP contribution in [0, 0.1) is 11.6 Å². The van der Waals surface area contributed by atoms with Crippen LogP contribution in [0.25, 0.3) is 0 Å². The predicted molar refractivity (Wildman–Crippen MR) is 44.0 cm³/mol. The summed E-state index contributed by atoms with van der Waals surface area (Å²) in [5.41, 5.74) is 0. The van der Waals surface area contributed by atoms with Crippen molar-refractivity contribution in [2.75, 3.05) is 6.61 Å². The molecule has 0 aliphatic rings. The second-order valence-corrected chi connectivity index (χ2v) is 1.99. The van der Waals surface area contributed by atoms with Gasteiger partial charge in [0.05, 0.1) is 6.61 Å². The summed E-state index contributed by atoms with van der Waals surface area (Å²) in [5.74, 6) is -0.821. The first-order valence-corrected chi connectivity index (χ1v) is 3.67. The van der Waals surface area contributed by atoms with Crippen LogP contribution in [-0.4, -0.2) is 13.1 Å². The first kappa shape index (κ1) is 11.6. The highest BCUT2D eigenvalue weighted by atomic mass is 19.1. The van der Waals surface area contributed by atoms with E-state index in [0.29, 0.717) is 13.1 Å². The fourth-order valence-corrected chi connectivity index (χ4v) is 0.498. The Hall–Kier alpha value is -1.45. The Balaban J connectivity index is 0.000000252. The highest BCUT2D eigenvalue weighted by Gasteiger charge is 1.86. The molecule has 0 atom stereocenters. The van der Waals surface area contributed by atoms with E-state index >= 15 is 0 Å². The van der Waals surface area contributed by atoms with Gasteiger partial charge in [-0.15, -0.1) is 0 Å². The number of carbonyl (C=O) groups excluding carboxylic acids is 1. The van der Waals surface area contributed by atoms with Gasteiger partial charge < -0.3 is 4.74 Å². The molecule has 0 bridgehead atoms. The topological polar surface area (TPSA) is 26.3 Å². The Labute approximate surface area is 75.1 Å². The van der Waals surface area contributed by atoms with E-state index in [1.807, 2.05) is 0 Å². The Morgan fingerprint density at radius 1 is 1.23 bits per heavy atom. The largest absolute Gasteiger partial charge is 0.468 e. The summed E-state index contributed by atoms with van der Waals surface area (Å²) in [5, 5.41) is 0. The fourth-order valence-electron chi connectivity index (χ4n) is 0.498. The molecule has 0 unspecified atom stereocenters. The lowest BCUT2D eigenvalue weighted by molar-refractivity contribution is -0.128. The number of ether oxygens (including phenoxy) is 1. The summed E-state index contributed by atoms with van der Waals surface area (Å²) in [7, 11) is 0. The maximum Gasteiger partial charge on any atom is 0.293 e. The first-order chi connectivity index (χ1) is 6.20. The summed E-state index contributed by atoms with van der Waals surface area (Å²) in [6.07, 6.45) is 0. The second-order valence-electron chi connectivity index (χ2n) is 1.99. The zero-order chi connectivity index (χ0) is 10.1. The number of hydrogen-bond donors (Lipinski definition) is 0. The average Bonchev–Trinajstić information content (AvgIpc) is 2.13. The molecule has 1 aromatic rings. The standard InChI is InChI=1S/C6H4F2.C3H6O2/c7-5-1-2-6(8)4-3-5;1-2-5-3-4/h1-4H;3H,2H2,1H3. The third-order valence-electron chi connectivity index (χ3n) is 1.04. The smallest absolute Gasteiger partial charge is 0.293 e. The lowest BCUT2D eigenvalue weighted by Gasteiger charge is -1.83. The van der Waals surface area contributed by atoms with Crippen molar-refractivity contribution in [2.24, 2.45) is 0 Å². The molecule has 13 heavy (non-hydrogen) atoms. The molecule has 0 saturated heterocycles. The predicted octanol–water partition coefficient (Wildman–Crippen LogP) is 2.14. The van der Waals surface area contributed by atoms with E-state index in [1.165, 1.54) is 0 Å². The minimum atomic E-state index is -0.411. The molecule has 0 heterocycles. The summed E-state index contributed by atoms with van der Waals surface area (Å²) >= 11 is 0. The zero-order valence-corrected chi connectivity index (χ0v) is 7.17. The third-order valence-corrected chi connectivity index (χ3v) is 1.04. The zero-order valence-electron chi connectivity index (χ0n) is 7.17. The number of benzene rings is 1. The van der Waals surface area contributed by atoms with Gasteiger partial charge in [-0.25, -0.2) is 8.78 Å². The Morgan fingerprint density at radius 2 is 1.62 bits per heavy atom. The molecule has 0 radical (unpaired) electrons. The number of hydrogen-bond acceptors (Lipinski definition) is 2. The maximum absolute atomic E-state index is 11.9. The Morgan fingerprint density at radius 3 is 1.77 bits per heavy atom. The van der Waals surface area contributed by atoms with Gasteiger partial charge in [-0.2, -0.15) is 0 Å². The maximum atomic E-state index is 11.9.